The highest BCUT2D eigenvalue weighted by Gasteiger charge is 2.19. The Bertz CT molecular complexity index is 569. The van der Waals surface area contributed by atoms with E-state index >= 15 is 0 Å². The Morgan fingerprint density at radius 1 is 1.53 bits per heavy atom. The Labute approximate surface area is 83.3 Å². The monoisotopic (exact) mass is 208 g/mol. The Morgan fingerprint density at radius 2 is 2.27 bits per heavy atom. The van der Waals surface area contributed by atoms with Crippen LogP contribution in [0.4, 0.5) is 0 Å². The molecule has 15 heavy (non-hydrogen) atoms. The van der Waals surface area contributed by atoms with Crippen molar-refractivity contribution in [2.75, 3.05) is 0 Å². The highest BCUT2D eigenvalue weighted by molar-refractivity contribution is 5.84. The van der Waals surface area contributed by atoms with E-state index in [9.17, 15) is 9.59 Å². The maximum Gasteiger partial charge on any atom is 0.417 e. The van der Waals surface area contributed by atoms with Gasteiger partial charge in [0.15, 0.2) is 5.58 Å². The summed E-state index contributed by atoms with van der Waals surface area (Å²) in [7, 11) is 0. The van der Waals surface area contributed by atoms with Crippen LogP contribution in [0.3, 0.4) is 0 Å². The average molecular weight is 208 g/mol. The molecule has 1 aromatic carbocycles. The van der Waals surface area contributed by atoms with E-state index in [2.05, 4.69) is 4.98 Å². The molecule has 1 aromatic heterocycles. The van der Waals surface area contributed by atoms with Gasteiger partial charge in [-0.3, -0.25) is 9.78 Å². The van der Waals surface area contributed by atoms with E-state index < -0.39 is 17.8 Å². The lowest BCUT2D eigenvalue weighted by atomic mass is 10.1. The fourth-order valence-electron chi connectivity index (χ4n) is 1.37. The summed E-state index contributed by atoms with van der Waals surface area (Å²) < 4.78 is 4.82. The van der Waals surface area contributed by atoms with E-state index in [0.29, 0.717) is 5.52 Å². The smallest absolute Gasteiger partial charge is 0.417 e. The quantitative estimate of drug-likeness (QED) is 0.653. The maximum atomic E-state index is 10.9. The minimum Gasteiger partial charge on any atom is -0.480 e. The van der Waals surface area contributed by atoms with Gasteiger partial charge in [-0.05, 0) is 6.07 Å². The number of nitrogens with one attached hydrogen (secondary N) is 1. The molecule has 0 spiro atoms. The molecular weight excluding hydrogens is 200 g/mol. The summed E-state index contributed by atoms with van der Waals surface area (Å²) in [5, 5.41) is 8.75. The zero-order chi connectivity index (χ0) is 11.0. The molecule has 6 nitrogen and oxygen atoms in total. The minimum absolute atomic E-state index is 0.192. The summed E-state index contributed by atoms with van der Waals surface area (Å²) in [4.78, 5) is 24.0. The molecule has 78 valence electrons. The van der Waals surface area contributed by atoms with Gasteiger partial charge in [0.2, 0.25) is 0 Å². The number of aromatic amines is 1. The third-order valence-electron chi connectivity index (χ3n) is 2.08. The summed E-state index contributed by atoms with van der Waals surface area (Å²) in [5.74, 6) is -1.80. The second kappa shape index (κ2) is 3.25. The number of para-hydroxylation sites is 1. The number of carbonyl (C=O) groups is 1. The van der Waals surface area contributed by atoms with Gasteiger partial charge in [0.05, 0.1) is 5.52 Å². The molecule has 1 heterocycles. The molecule has 0 aliphatic heterocycles. The standard InChI is InChI=1S/C9H8N2O4/c10-6(8(12)13)4-2-1-3-5-7(4)15-9(14)11-5/h1-3,6H,10H2,(H,11,14)(H,12,13). The van der Waals surface area contributed by atoms with Crippen LogP contribution in [-0.2, 0) is 4.79 Å². The lowest BCUT2D eigenvalue weighted by molar-refractivity contribution is -0.138. The molecule has 0 aliphatic carbocycles. The fraction of sp³-hybridized carbons (Fsp3) is 0.111. The molecule has 0 amide bonds. The number of hydrogen-bond donors (Lipinski definition) is 3. The van der Waals surface area contributed by atoms with Crippen molar-refractivity contribution in [1.82, 2.24) is 4.98 Å². The summed E-state index contributed by atoms with van der Waals surface area (Å²) in [5.41, 5.74) is 6.35. The van der Waals surface area contributed by atoms with Crippen LogP contribution in [-0.4, -0.2) is 16.1 Å². The van der Waals surface area contributed by atoms with E-state index in [0.717, 1.165) is 0 Å². The Hall–Kier alpha value is -2.08. The third kappa shape index (κ3) is 1.50. The number of carboxylic acids is 1. The predicted molar refractivity (Wildman–Crippen MR) is 51.4 cm³/mol. The van der Waals surface area contributed by atoms with Crippen LogP contribution in [0.5, 0.6) is 0 Å². The molecular formula is C9H8N2O4. The summed E-state index contributed by atoms with van der Waals surface area (Å²) in [6.45, 7) is 0. The van der Waals surface area contributed by atoms with Crippen LogP contribution in [0.1, 0.15) is 11.6 Å². The van der Waals surface area contributed by atoms with E-state index in [1.165, 1.54) is 6.07 Å². The number of fused-ring (bicyclic) bond motifs is 1. The average Bonchev–Trinajstić information content (AvgIpc) is 2.56. The number of benzene rings is 1. The SMILES string of the molecule is NC(C(=O)O)c1cccc2[nH]c(=O)oc12. The molecule has 1 unspecified atom stereocenters. The van der Waals surface area contributed by atoms with Crippen molar-refractivity contribution >= 4 is 17.1 Å². The van der Waals surface area contributed by atoms with Crippen molar-refractivity contribution in [3.8, 4) is 0 Å². The number of aromatic nitrogens is 1. The lowest BCUT2D eigenvalue weighted by Gasteiger charge is -2.05. The number of rotatable bonds is 2. The molecule has 0 fully saturated rings. The van der Waals surface area contributed by atoms with E-state index in [1.54, 1.807) is 12.1 Å². The molecule has 1 atom stereocenters. The molecule has 6 heteroatoms. The predicted octanol–water partition coefficient (Wildman–Crippen LogP) is 0.205. The van der Waals surface area contributed by atoms with Gasteiger partial charge in [0, 0.05) is 5.56 Å². The van der Waals surface area contributed by atoms with Crippen LogP contribution in [0.25, 0.3) is 11.1 Å². The number of aliphatic carboxylic acids is 1. The van der Waals surface area contributed by atoms with Crippen molar-refractivity contribution in [3.05, 3.63) is 34.3 Å². The van der Waals surface area contributed by atoms with Gasteiger partial charge in [-0.25, -0.2) is 4.79 Å². The highest BCUT2D eigenvalue weighted by Crippen LogP contribution is 2.20. The van der Waals surface area contributed by atoms with Gasteiger partial charge in [0.1, 0.15) is 6.04 Å². The molecule has 0 aliphatic rings. The van der Waals surface area contributed by atoms with Crippen molar-refractivity contribution in [2.45, 2.75) is 6.04 Å². The van der Waals surface area contributed by atoms with Gasteiger partial charge < -0.3 is 15.3 Å². The highest BCUT2D eigenvalue weighted by atomic mass is 16.4. The zero-order valence-corrected chi connectivity index (χ0v) is 7.56. The molecule has 0 saturated carbocycles. The van der Waals surface area contributed by atoms with Crippen molar-refractivity contribution in [2.24, 2.45) is 5.73 Å². The second-order valence-corrected chi connectivity index (χ2v) is 3.05. The number of hydrogen-bond acceptors (Lipinski definition) is 4. The van der Waals surface area contributed by atoms with Gasteiger partial charge in [0.25, 0.3) is 0 Å². The molecule has 0 saturated heterocycles. The molecule has 2 aromatic rings. The van der Waals surface area contributed by atoms with Crippen LogP contribution >= 0.6 is 0 Å². The Morgan fingerprint density at radius 3 is 2.93 bits per heavy atom. The molecule has 2 rings (SSSR count). The summed E-state index contributed by atoms with van der Waals surface area (Å²) >= 11 is 0. The molecule has 0 radical (unpaired) electrons. The maximum absolute atomic E-state index is 10.9. The number of H-pyrrole nitrogens is 1. The van der Waals surface area contributed by atoms with E-state index in [1.807, 2.05) is 0 Å². The topological polar surface area (TPSA) is 109 Å². The first-order chi connectivity index (χ1) is 7.09. The van der Waals surface area contributed by atoms with Gasteiger partial charge >= 0.3 is 11.7 Å². The largest absolute Gasteiger partial charge is 0.480 e. The van der Waals surface area contributed by atoms with Crippen molar-refractivity contribution in [1.29, 1.82) is 0 Å². The van der Waals surface area contributed by atoms with Crippen molar-refractivity contribution in [3.63, 3.8) is 0 Å². The summed E-state index contributed by atoms with van der Waals surface area (Å²) in [6.07, 6.45) is 0. The Kier molecular flexibility index (Phi) is 2.05. The fourth-order valence-corrected chi connectivity index (χ4v) is 1.37. The van der Waals surface area contributed by atoms with Crippen molar-refractivity contribution < 1.29 is 14.3 Å². The first-order valence-electron chi connectivity index (χ1n) is 4.19. The van der Waals surface area contributed by atoms with Crippen LogP contribution < -0.4 is 11.5 Å². The van der Waals surface area contributed by atoms with Crippen LogP contribution in [0.2, 0.25) is 0 Å². The van der Waals surface area contributed by atoms with Gasteiger partial charge in [-0.2, -0.15) is 0 Å². The first-order valence-corrected chi connectivity index (χ1v) is 4.19. The second-order valence-electron chi connectivity index (χ2n) is 3.05. The third-order valence-corrected chi connectivity index (χ3v) is 2.08. The number of oxazole rings is 1. The molecule has 0 bridgehead atoms. The van der Waals surface area contributed by atoms with E-state index in [4.69, 9.17) is 15.3 Å². The van der Waals surface area contributed by atoms with Crippen LogP contribution in [0.15, 0.2) is 27.4 Å². The lowest BCUT2D eigenvalue weighted by Crippen LogP contribution is -2.20. The Balaban J connectivity index is 2.70. The van der Waals surface area contributed by atoms with E-state index in [-0.39, 0.29) is 11.1 Å². The van der Waals surface area contributed by atoms with Gasteiger partial charge in [-0.1, -0.05) is 12.1 Å². The normalized spacial score (nSPS) is 12.9. The summed E-state index contributed by atoms with van der Waals surface area (Å²) in [6, 6.07) is 3.52. The number of nitrogens with two attached hydrogens (primary N) is 1. The van der Waals surface area contributed by atoms with Gasteiger partial charge in [-0.15, -0.1) is 0 Å². The minimum atomic E-state index is -1.20. The zero-order valence-electron chi connectivity index (χ0n) is 7.56. The number of carboxylic acid groups (broad SMARTS) is 1. The first kappa shape index (κ1) is 9.47. The molecule has 4 N–H and O–H groups in total. The van der Waals surface area contributed by atoms with Crippen LogP contribution in [0, 0.1) is 0 Å².